The van der Waals surface area contributed by atoms with Crippen molar-refractivity contribution in [2.24, 2.45) is 5.10 Å². The summed E-state index contributed by atoms with van der Waals surface area (Å²) in [5.41, 5.74) is 8.23. The van der Waals surface area contributed by atoms with Crippen LogP contribution >= 0.6 is 22.9 Å². The lowest BCUT2D eigenvalue weighted by Crippen LogP contribution is -2.09. The van der Waals surface area contributed by atoms with E-state index in [4.69, 9.17) is 21.0 Å². The number of aromatic nitrogens is 1. The number of aryl methyl sites for hydroxylation is 1. The van der Waals surface area contributed by atoms with Crippen LogP contribution in [0.15, 0.2) is 87.7 Å². The van der Waals surface area contributed by atoms with Crippen LogP contribution in [0.4, 0.5) is 11.4 Å². The Morgan fingerprint density at radius 3 is 2.56 bits per heavy atom. The molecule has 34 heavy (non-hydrogen) atoms. The molecule has 0 aliphatic carbocycles. The molecule has 0 bridgehead atoms. The number of anilines is 1. The zero-order chi connectivity index (χ0) is 23.7. The van der Waals surface area contributed by atoms with Gasteiger partial charge in [0, 0.05) is 33.5 Å². The molecule has 0 saturated carbocycles. The zero-order valence-corrected chi connectivity index (χ0v) is 19.4. The van der Waals surface area contributed by atoms with E-state index in [1.807, 2.05) is 36.6 Å². The van der Waals surface area contributed by atoms with E-state index in [-0.39, 0.29) is 5.69 Å². The van der Waals surface area contributed by atoms with E-state index in [1.165, 1.54) is 29.0 Å². The van der Waals surface area contributed by atoms with Crippen molar-refractivity contribution >= 4 is 45.3 Å². The monoisotopic (exact) mass is 488 g/mol. The Balaban J connectivity index is 1.58. The molecule has 5 rings (SSSR count). The van der Waals surface area contributed by atoms with Gasteiger partial charge in [-0.3, -0.25) is 15.5 Å². The summed E-state index contributed by atoms with van der Waals surface area (Å²) in [6.07, 6.45) is 0. The number of nitro groups is 1. The molecule has 0 atom stereocenters. The second kappa shape index (κ2) is 9.09. The first-order chi connectivity index (χ1) is 16.5. The fourth-order valence-corrected chi connectivity index (χ4v) is 4.38. The number of hydrogen-bond acceptors (Lipinski definition) is 7. The SMILES string of the molecule is Cc1ccc(-c2csc(-c3cc4cc(Cl)ccc4o/c3=N/Nc3ccc([N+](=O)[O-])cc3)n2)cc1. The molecular formula is C25H17ClN4O3S. The number of benzene rings is 3. The summed E-state index contributed by atoms with van der Waals surface area (Å²) in [6, 6.07) is 21.5. The van der Waals surface area contributed by atoms with Gasteiger partial charge in [-0.15, -0.1) is 16.4 Å². The van der Waals surface area contributed by atoms with Crippen LogP contribution in [0.1, 0.15) is 5.56 Å². The number of thiazole rings is 1. The van der Waals surface area contributed by atoms with E-state index in [0.29, 0.717) is 27.4 Å². The number of fused-ring (bicyclic) bond motifs is 1. The maximum atomic E-state index is 10.9. The van der Waals surface area contributed by atoms with E-state index in [0.717, 1.165) is 21.7 Å². The Morgan fingerprint density at radius 1 is 1.06 bits per heavy atom. The molecule has 5 aromatic rings. The minimum Gasteiger partial charge on any atom is -0.436 e. The Labute approximate surface area is 203 Å². The summed E-state index contributed by atoms with van der Waals surface area (Å²) < 4.78 is 6.09. The van der Waals surface area contributed by atoms with Gasteiger partial charge in [0.2, 0.25) is 5.55 Å². The van der Waals surface area contributed by atoms with Gasteiger partial charge in [0.25, 0.3) is 5.69 Å². The number of hydrogen-bond donors (Lipinski definition) is 1. The van der Waals surface area contributed by atoms with Crippen LogP contribution in [0, 0.1) is 17.0 Å². The highest BCUT2D eigenvalue weighted by atomic mass is 35.5. The van der Waals surface area contributed by atoms with Crippen LogP contribution in [0.3, 0.4) is 0 Å². The van der Waals surface area contributed by atoms with Crippen LogP contribution in [0.2, 0.25) is 5.02 Å². The minimum atomic E-state index is -0.448. The largest absolute Gasteiger partial charge is 0.436 e. The molecule has 0 spiro atoms. The zero-order valence-electron chi connectivity index (χ0n) is 17.9. The molecule has 2 aromatic heterocycles. The van der Waals surface area contributed by atoms with E-state index in [2.05, 4.69) is 22.7 Å². The second-order valence-corrected chi connectivity index (χ2v) is 8.87. The maximum Gasteiger partial charge on any atom is 0.269 e. The third-order valence-electron chi connectivity index (χ3n) is 5.16. The molecule has 0 unspecified atom stereocenters. The molecule has 0 saturated heterocycles. The van der Waals surface area contributed by atoms with Gasteiger partial charge in [-0.2, -0.15) is 0 Å². The number of nitro benzene ring substituents is 1. The molecule has 1 N–H and O–H groups in total. The Kier molecular flexibility index (Phi) is 5.83. The first kappa shape index (κ1) is 21.8. The summed E-state index contributed by atoms with van der Waals surface area (Å²) in [7, 11) is 0. The van der Waals surface area contributed by atoms with Crippen molar-refractivity contribution in [1.29, 1.82) is 0 Å². The fourth-order valence-electron chi connectivity index (χ4n) is 3.37. The molecule has 3 aromatic carbocycles. The lowest BCUT2D eigenvalue weighted by molar-refractivity contribution is -0.384. The highest BCUT2D eigenvalue weighted by Gasteiger charge is 2.13. The molecular weight excluding hydrogens is 472 g/mol. The summed E-state index contributed by atoms with van der Waals surface area (Å²) >= 11 is 7.68. The lowest BCUT2D eigenvalue weighted by atomic mass is 10.1. The summed E-state index contributed by atoms with van der Waals surface area (Å²) in [6.45, 7) is 2.05. The maximum absolute atomic E-state index is 10.9. The summed E-state index contributed by atoms with van der Waals surface area (Å²) in [5.74, 6) is 0. The highest BCUT2D eigenvalue weighted by molar-refractivity contribution is 7.13. The molecule has 2 heterocycles. The van der Waals surface area contributed by atoms with Crippen molar-refractivity contribution in [1.82, 2.24) is 4.98 Å². The van der Waals surface area contributed by atoms with Gasteiger partial charge in [-0.25, -0.2) is 4.98 Å². The van der Waals surface area contributed by atoms with Gasteiger partial charge < -0.3 is 4.42 Å². The van der Waals surface area contributed by atoms with Crippen molar-refractivity contribution in [2.45, 2.75) is 6.92 Å². The Hall–Kier alpha value is -4.01. The van der Waals surface area contributed by atoms with Crippen molar-refractivity contribution in [2.75, 3.05) is 5.43 Å². The van der Waals surface area contributed by atoms with Crippen molar-refractivity contribution in [3.05, 3.63) is 104 Å². The third-order valence-corrected chi connectivity index (χ3v) is 6.27. The summed E-state index contributed by atoms with van der Waals surface area (Å²) in [5, 5.41) is 19.5. The molecule has 9 heteroatoms. The van der Waals surface area contributed by atoms with Crippen LogP contribution in [0.5, 0.6) is 0 Å². The van der Waals surface area contributed by atoms with Crippen molar-refractivity contribution in [3.63, 3.8) is 0 Å². The van der Waals surface area contributed by atoms with Gasteiger partial charge in [0.1, 0.15) is 10.6 Å². The number of nitrogens with zero attached hydrogens (tertiary/aromatic N) is 3. The summed E-state index contributed by atoms with van der Waals surface area (Å²) in [4.78, 5) is 15.3. The normalized spacial score (nSPS) is 11.6. The van der Waals surface area contributed by atoms with E-state index in [9.17, 15) is 10.1 Å². The number of halogens is 1. The number of rotatable bonds is 5. The second-order valence-electron chi connectivity index (χ2n) is 7.58. The topological polar surface area (TPSA) is 93.6 Å². The average molecular weight is 489 g/mol. The fraction of sp³-hybridized carbons (Fsp3) is 0.0400. The van der Waals surface area contributed by atoms with Crippen LogP contribution in [0.25, 0.3) is 32.8 Å². The van der Waals surface area contributed by atoms with E-state index >= 15 is 0 Å². The van der Waals surface area contributed by atoms with Gasteiger partial charge in [-0.05, 0) is 43.3 Å². The predicted octanol–water partition coefficient (Wildman–Crippen LogP) is 7.02. The molecule has 7 nitrogen and oxygen atoms in total. The smallest absolute Gasteiger partial charge is 0.269 e. The van der Waals surface area contributed by atoms with Crippen LogP contribution < -0.4 is 11.0 Å². The van der Waals surface area contributed by atoms with Gasteiger partial charge in [0.15, 0.2) is 0 Å². The standard InChI is InChI=1S/C25H17ClN4O3S/c1-15-2-4-16(5-3-15)22-14-34-25(27-22)21-13-17-12-18(26)6-11-23(17)33-24(21)29-28-19-7-9-20(10-8-19)30(31)32/h2-14,28H,1H3/b29-24+. The quantitative estimate of drug-likeness (QED) is 0.212. The first-order valence-corrected chi connectivity index (χ1v) is 11.5. The number of nitrogens with one attached hydrogen (secondary N) is 1. The van der Waals surface area contributed by atoms with Gasteiger partial charge in [-0.1, -0.05) is 41.4 Å². The van der Waals surface area contributed by atoms with Crippen molar-refractivity contribution in [3.8, 4) is 21.8 Å². The van der Waals surface area contributed by atoms with E-state index in [1.54, 1.807) is 24.3 Å². The third kappa shape index (κ3) is 4.54. The Morgan fingerprint density at radius 2 is 1.82 bits per heavy atom. The first-order valence-electron chi connectivity index (χ1n) is 10.3. The highest BCUT2D eigenvalue weighted by Crippen LogP contribution is 2.30. The van der Waals surface area contributed by atoms with E-state index < -0.39 is 4.92 Å². The molecule has 0 aliphatic rings. The molecule has 0 amide bonds. The Bertz CT molecular complexity index is 1580. The molecule has 0 fully saturated rings. The van der Waals surface area contributed by atoms with Crippen LogP contribution in [-0.2, 0) is 0 Å². The molecule has 0 aliphatic heterocycles. The van der Waals surface area contributed by atoms with Crippen molar-refractivity contribution < 1.29 is 9.34 Å². The van der Waals surface area contributed by atoms with Gasteiger partial charge in [0.05, 0.1) is 21.9 Å². The molecule has 168 valence electrons. The number of non-ortho nitro benzene ring substituents is 1. The minimum absolute atomic E-state index is 0.00457. The predicted molar refractivity (Wildman–Crippen MR) is 135 cm³/mol. The molecule has 0 radical (unpaired) electrons. The van der Waals surface area contributed by atoms with Crippen LogP contribution in [-0.4, -0.2) is 9.91 Å². The lowest BCUT2D eigenvalue weighted by Gasteiger charge is -2.04. The average Bonchev–Trinajstić information content (AvgIpc) is 3.33. The van der Waals surface area contributed by atoms with Gasteiger partial charge >= 0.3 is 0 Å².